The normalized spacial score (nSPS) is 24.9. The monoisotopic (exact) mass is 272 g/mol. The molecule has 1 aromatic carbocycles. The summed E-state index contributed by atoms with van der Waals surface area (Å²) in [6.45, 7) is 4.54. The van der Waals surface area contributed by atoms with Gasteiger partial charge in [-0.25, -0.2) is 0 Å². The van der Waals surface area contributed by atoms with Crippen LogP contribution in [0.1, 0.15) is 32.1 Å². The summed E-state index contributed by atoms with van der Waals surface area (Å²) >= 11 is 0. The van der Waals surface area contributed by atoms with Crippen molar-refractivity contribution in [1.82, 2.24) is 5.32 Å². The molecule has 3 heteroatoms. The Bertz CT molecular complexity index is 478. The van der Waals surface area contributed by atoms with E-state index in [1.54, 1.807) is 0 Å². The SMILES string of the molecule is c1ccc2c(c1)OC1(CCNCC1)CCN2CC1CC1. The molecule has 20 heavy (non-hydrogen) atoms. The molecule has 108 valence electrons. The fourth-order valence-electron chi connectivity index (χ4n) is 3.58. The maximum atomic E-state index is 6.54. The zero-order valence-corrected chi connectivity index (χ0v) is 12.1. The molecule has 0 atom stereocenters. The molecule has 2 fully saturated rings. The molecule has 1 saturated heterocycles. The number of ether oxygens (including phenoxy) is 1. The summed E-state index contributed by atoms with van der Waals surface area (Å²) in [7, 11) is 0. The minimum atomic E-state index is 0.0691. The van der Waals surface area contributed by atoms with Gasteiger partial charge in [0.1, 0.15) is 11.4 Å². The van der Waals surface area contributed by atoms with E-state index in [-0.39, 0.29) is 5.60 Å². The first-order valence-electron chi connectivity index (χ1n) is 8.08. The average Bonchev–Trinajstić information content (AvgIpc) is 3.30. The summed E-state index contributed by atoms with van der Waals surface area (Å²) in [6, 6.07) is 8.64. The van der Waals surface area contributed by atoms with Gasteiger partial charge in [-0.15, -0.1) is 0 Å². The molecular weight excluding hydrogens is 248 g/mol. The predicted molar refractivity (Wildman–Crippen MR) is 81.5 cm³/mol. The Hall–Kier alpha value is -1.22. The van der Waals surface area contributed by atoms with Crippen LogP contribution in [0.15, 0.2) is 24.3 Å². The van der Waals surface area contributed by atoms with Crippen molar-refractivity contribution in [1.29, 1.82) is 0 Å². The molecule has 2 aliphatic heterocycles. The van der Waals surface area contributed by atoms with Crippen molar-refractivity contribution in [3.63, 3.8) is 0 Å². The van der Waals surface area contributed by atoms with Gasteiger partial charge in [-0.05, 0) is 56.8 Å². The molecule has 0 radical (unpaired) electrons. The molecular formula is C17H24N2O. The number of fused-ring (bicyclic) bond motifs is 1. The Kier molecular flexibility index (Phi) is 3.10. The van der Waals surface area contributed by atoms with E-state index in [4.69, 9.17) is 4.74 Å². The molecule has 2 heterocycles. The lowest BCUT2D eigenvalue weighted by Gasteiger charge is -2.37. The fourth-order valence-corrected chi connectivity index (χ4v) is 3.58. The standard InChI is InChI=1S/C17H24N2O/c1-2-4-16-15(3-1)19(13-14-5-6-14)12-9-17(20-16)7-10-18-11-8-17/h1-4,14,18H,5-13H2. The number of nitrogens with one attached hydrogen (secondary N) is 1. The van der Waals surface area contributed by atoms with E-state index in [1.165, 1.54) is 25.1 Å². The number of hydrogen-bond donors (Lipinski definition) is 1. The van der Waals surface area contributed by atoms with Crippen LogP contribution in [0.25, 0.3) is 0 Å². The molecule has 1 aromatic rings. The smallest absolute Gasteiger partial charge is 0.143 e. The molecule has 0 aromatic heterocycles. The lowest BCUT2D eigenvalue weighted by Crippen LogP contribution is -2.47. The minimum absolute atomic E-state index is 0.0691. The molecule has 3 aliphatic rings. The third-order valence-corrected chi connectivity index (χ3v) is 5.06. The van der Waals surface area contributed by atoms with Gasteiger partial charge in [0.05, 0.1) is 5.69 Å². The van der Waals surface area contributed by atoms with Crippen LogP contribution < -0.4 is 15.0 Å². The maximum absolute atomic E-state index is 6.54. The number of rotatable bonds is 2. The van der Waals surface area contributed by atoms with E-state index < -0.39 is 0 Å². The number of nitrogens with zero attached hydrogens (tertiary/aromatic N) is 1. The van der Waals surface area contributed by atoms with Crippen LogP contribution >= 0.6 is 0 Å². The van der Waals surface area contributed by atoms with Crippen molar-refractivity contribution >= 4 is 5.69 Å². The summed E-state index contributed by atoms with van der Waals surface area (Å²) in [5, 5.41) is 3.46. The summed E-state index contributed by atoms with van der Waals surface area (Å²) in [6.07, 6.45) is 6.26. The Labute approximate surface area is 121 Å². The molecule has 0 amide bonds. The lowest BCUT2D eigenvalue weighted by atomic mass is 9.88. The van der Waals surface area contributed by atoms with E-state index in [1.807, 2.05) is 0 Å². The highest BCUT2D eigenvalue weighted by Crippen LogP contribution is 2.41. The first-order chi connectivity index (χ1) is 9.85. The largest absolute Gasteiger partial charge is 0.485 e. The van der Waals surface area contributed by atoms with Crippen LogP contribution in [-0.2, 0) is 0 Å². The van der Waals surface area contributed by atoms with Crippen LogP contribution in [-0.4, -0.2) is 31.8 Å². The number of hydrogen-bond acceptors (Lipinski definition) is 3. The molecule has 3 nitrogen and oxygen atoms in total. The van der Waals surface area contributed by atoms with Crippen molar-refractivity contribution in [2.24, 2.45) is 5.92 Å². The van der Waals surface area contributed by atoms with Gasteiger partial charge in [-0.1, -0.05) is 12.1 Å². The summed E-state index contributed by atoms with van der Waals surface area (Å²) in [5.74, 6) is 2.03. The summed E-state index contributed by atoms with van der Waals surface area (Å²) in [5.41, 5.74) is 1.38. The van der Waals surface area contributed by atoms with E-state index in [0.29, 0.717) is 0 Å². The van der Waals surface area contributed by atoms with Gasteiger partial charge in [-0.3, -0.25) is 0 Å². The highest BCUT2D eigenvalue weighted by molar-refractivity contribution is 5.59. The van der Waals surface area contributed by atoms with Crippen molar-refractivity contribution in [2.45, 2.75) is 37.7 Å². The van der Waals surface area contributed by atoms with E-state index in [2.05, 4.69) is 34.5 Å². The second-order valence-corrected chi connectivity index (χ2v) is 6.64. The third kappa shape index (κ3) is 2.39. The second-order valence-electron chi connectivity index (χ2n) is 6.64. The van der Waals surface area contributed by atoms with Gasteiger partial charge < -0.3 is 15.0 Å². The van der Waals surface area contributed by atoms with Gasteiger partial charge in [0.25, 0.3) is 0 Å². The quantitative estimate of drug-likeness (QED) is 0.896. The van der Waals surface area contributed by atoms with Gasteiger partial charge in [0, 0.05) is 19.5 Å². The average molecular weight is 272 g/mol. The first-order valence-corrected chi connectivity index (χ1v) is 8.08. The van der Waals surface area contributed by atoms with Gasteiger partial charge in [0.15, 0.2) is 0 Å². The third-order valence-electron chi connectivity index (χ3n) is 5.06. The zero-order valence-electron chi connectivity index (χ0n) is 12.1. The molecule has 4 rings (SSSR count). The summed E-state index contributed by atoms with van der Waals surface area (Å²) in [4.78, 5) is 2.57. The Balaban J connectivity index is 1.63. The molecule has 0 bridgehead atoms. The van der Waals surface area contributed by atoms with Crippen molar-refractivity contribution in [2.75, 3.05) is 31.1 Å². The zero-order chi connectivity index (χ0) is 13.4. The molecule has 1 spiro atoms. The maximum Gasteiger partial charge on any atom is 0.143 e. The van der Waals surface area contributed by atoms with Gasteiger partial charge in [0.2, 0.25) is 0 Å². The van der Waals surface area contributed by atoms with Crippen LogP contribution in [0.4, 0.5) is 5.69 Å². The molecule has 1 saturated carbocycles. The van der Waals surface area contributed by atoms with Gasteiger partial charge >= 0.3 is 0 Å². The van der Waals surface area contributed by atoms with E-state index in [0.717, 1.165) is 50.6 Å². The van der Waals surface area contributed by atoms with Crippen LogP contribution in [0.3, 0.4) is 0 Å². The Morgan fingerprint density at radius 3 is 2.75 bits per heavy atom. The van der Waals surface area contributed by atoms with Crippen molar-refractivity contribution < 1.29 is 4.74 Å². The Morgan fingerprint density at radius 1 is 1.15 bits per heavy atom. The van der Waals surface area contributed by atoms with Crippen molar-refractivity contribution in [3.05, 3.63) is 24.3 Å². The molecule has 0 unspecified atom stereocenters. The highest BCUT2D eigenvalue weighted by Gasteiger charge is 2.38. The predicted octanol–water partition coefficient (Wildman–Crippen LogP) is 2.81. The second kappa shape index (κ2) is 4.96. The first kappa shape index (κ1) is 12.5. The van der Waals surface area contributed by atoms with Gasteiger partial charge in [-0.2, -0.15) is 0 Å². The van der Waals surface area contributed by atoms with Crippen molar-refractivity contribution in [3.8, 4) is 5.75 Å². The summed E-state index contributed by atoms with van der Waals surface area (Å²) < 4.78 is 6.54. The number of piperidine rings is 1. The fraction of sp³-hybridized carbons (Fsp3) is 0.647. The molecule has 1 aliphatic carbocycles. The number of anilines is 1. The minimum Gasteiger partial charge on any atom is -0.485 e. The van der Waals surface area contributed by atoms with E-state index >= 15 is 0 Å². The van der Waals surface area contributed by atoms with E-state index in [9.17, 15) is 0 Å². The topological polar surface area (TPSA) is 24.5 Å². The number of para-hydroxylation sites is 2. The number of benzene rings is 1. The Morgan fingerprint density at radius 2 is 1.95 bits per heavy atom. The van der Waals surface area contributed by atoms with Crippen LogP contribution in [0.2, 0.25) is 0 Å². The molecule has 1 N–H and O–H groups in total. The van der Waals surface area contributed by atoms with Crippen LogP contribution in [0, 0.1) is 5.92 Å². The highest BCUT2D eigenvalue weighted by atomic mass is 16.5. The lowest BCUT2D eigenvalue weighted by molar-refractivity contribution is 0.0350. The van der Waals surface area contributed by atoms with Crippen LogP contribution in [0.5, 0.6) is 5.75 Å².